The average Bonchev–Trinajstić information content (AvgIpc) is 2.30. The van der Waals surface area contributed by atoms with E-state index in [1.165, 1.54) is 0 Å². The minimum atomic E-state index is -3.09. The Bertz CT molecular complexity index is 443. The lowest BCUT2D eigenvalue weighted by molar-refractivity contribution is 0.340. The molecule has 0 amide bonds. The van der Waals surface area contributed by atoms with Crippen LogP contribution in [0.15, 0.2) is 24.3 Å². The summed E-state index contributed by atoms with van der Waals surface area (Å²) in [4.78, 5) is 0. The van der Waals surface area contributed by atoms with Crippen molar-refractivity contribution in [3.05, 3.63) is 29.8 Å². The molecule has 0 saturated heterocycles. The molecule has 0 saturated carbocycles. The molecule has 5 nitrogen and oxygen atoms in total. The van der Waals surface area contributed by atoms with E-state index in [4.69, 9.17) is 4.74 Å². The topological polar surface area (TPSA) is 67.4 Å². The molecule has 0 bridgehead atoms. The number of rotatable bonds is 8. The van der Waals surface area contributed by atoms with Crippen molar-refractivity contribution in [3.63, 3.8) is 0 Å². The van der Waals surface area contributed by atoms with Crippen molar-refractivity contribution < 1.29 is 13.2 Å². The molecule has 0 fully saturated rings. The maximum Gasteiger partial charge on any atom is 0.208 e. The number of benzene rings is 1. The number of hydrogen-bond donors (Lipinski definition) is 2. The summed E-state index contributed by atoms with van der Waals surface area (Å²) >= 11 is 0. The number of hydrogen-bond acceptors (Lipinski definition) is 4. The first-order valence-corrected chi connectivity index (χ1v) is 7.77. The Hall–Kier alpha value is -1.11. The predicted molar refractivity (Wildman–Crippen MR) is 72.2 cm³/mol. The van der Waals surface area contributed by atoms with E-state index in [0.717, 1.165) is 17.6 Å². The van der Waals surface area contributed by atoms with E-state index < -0.39 is 10.0 Å². The molecule has 6 heteroatoms. The van der Waals surface area contributed by atoms with Gasteiger partial charge in [-0.15, -0.1) is 0 Å². The van der Waals surface area contributed by atoms with E-state index in [1.54, 1.807) is 0 Å². The van der Waals surface area contributed by atoms with Crippen LogP contribution < -0.4 is 14.8 Å². The zero-order valence-electron chi connectivity index (χ0n) is 10.8. The van der Waals surface area contributed by atoms with E-state index in [0.29, 0.717) is 26.2 Å². The fourth-order valence-electron chi connectivity index (χ4n) is 1.43. The van der Waals surface area contributed by atoms with Crippen LogP contribution in [0.4, 0.5) is 0 Å². The van der Waals surface area contributed by atoms with Crippen molar-refractivity contribution in [3.8, 4) is 5.75 Å². The Labute approximate surface area is 109 Å². The molecule has 102 valence electrons. The number of sulfonamides is 1. The molecular formula is C12H20N2O3S. The first kappa shape index (κ1) is 14.9. The second kappa shape index (κ2) is 7.35. The summed E-state index contributed by atoms with van der Waals surface area (Å²) in [7, 11) is -3.09. The Balaban J connectivity index is 2.23. The highest BCUT2D eigenvalue weighted by molar-refractivity contribution is 7.88. The van der Waals surface area contributed by atoms with E-state index >= 15 is 0 Å². The fourth-order valence-corrected chi connectivity index (χ4v) is 1.90. The third-order valence-electron chi connectivity index (χ3n) is 2.23. The maximum absolute atomic E-state index is 10.8. The molecule has 2 N–H and O–H groups in total. The van der Waals surface area contributed by atoms with Gasteiger partial charge in [-0.25, -0.2) is 13.1 Å². The Morgan fingerprint density at radius 2 is 1.83 bits per heavy atom. The van der Waals surface area contributed by atoms with Crippen LogP contribution in [0.3, 0.4) is 0 Å². The molecule has 0 aromatic heterocycles. The van der Waals surface area contributed by atoms with Gasteiger partial charge in [0.2, 0.25) is 10.0 Å². The fraction of sp³-hybridized carbons (Fsp3) is 0.500. The standard InChI is InChI=1S/C12H20N2O3S/c1-3-17-12-6-4-11(5-7-12)10-13-8-9-14-18(2,15)16/h4-7,13-14H,3,8-10H2,1-2H3. The maximum atomic E-state index is 10.8. The van der Waals surface area contributed by atoms with E-state index in [1.807, 2.05) is 31.2 Å². The average molecular weight is 272 g/mol. The number of nitrogens with one attached hydrogen (secondary N) is 2. The van der Waals surface area contributed by atoms with Crippen molar-refractivity contribution in [2.24, 2.45) is 0 Å². The van der Waals surface area contributed by atoms with Gasteiger partial charge in [0.1, 0.15) is 5.75 Å². The molecule has 0 aliphatic rings. The molecule has 0 radical (unpaired) electrons. The highest BCUT2D eigenvalue weighted by atomic mass is 32.2. The van der Waals surface area contributed by atoms with Crippen LogP contribution in [-0.4, -0.2) is 34.4 Å². The monoisotopic (exact) mass is 272 g/mol. The van der Waals surface area contributed by atoms with E-state index in [-0.39, 0.29) is 0 Å². The largest absolute Gasteiger partial charge is 0.494 e. The molecule has 0 atom stereocenters. The van der Waals surface area contributed by atoms with Gasteiger partial charge in [-0.1, -0.05) is 12.1 Å². The normalized spacial score (nSPS) is 11.4. The van der Waals surface area contributed by atoms with Gasteiger partial charge in [-0.05, 0) is 24.6 Å². The zero-order chi connectivity index (χ0) is 13.4. The van der Waals surface area contributed by atoms with E-state index in [2.05, 4.69) is 10.0 Å². The van der Waals surface area contributed by atoms with Gasteiger partial charge < -0.3 is 10.1 Å². The van der Waals surface area contributed by atoms with Crippen molar-refractivity contribution in [2.75, 3.05) is 26.0 Å². The van der Waals surface area contributed by atoms with Gasteiger partial charge in [0.25, 0.3) is 0 Å². The van der Waals surface area contributed by atoms with Gasteiger partial charge in [0.15, 0.2) is 0 Å². The lowest BCUT2D eigenvalue weighted by atomic mass is 10.2. The summed E-state index contributed by atoms with van der Waals surface area (Å²) in [6, 6.07) is 7.83. The van der Waals surface area contributed by atoms with Gasteiger partial charge in [0, 0.05) is 19.6 Å². The van der Waals surface area contributed by atoms with Crippen LogP contribution in [0.5, 0.6) is 5.75 Å². The van der Waals surface area contributed by atoms with Gasteiger partial charge in [-0.3, -0.25) is 0 Å². The third-order valence-corrected chi connectivity index (χ3v) is 2.96. The first-order valence-electron chi connectivity index (χ1n) is 5.88. The SMILES string of the molecule is CCOc1ccc(CNCCNS(C)(=O)=O)cc1. The van der Waals surface area contributed by atoms with Crippen LogP contribution >= 0.6 is 0 Å². The first-order chi connectivity index (χ1) is 8.51. The predicted octanol–water partition coefficient (Wildman–Crippen LogP) is 0.724. The van der Waals surface area contributed by atoms with Crippen molar-refractivity contribution in [1.82, 2.24) is 10.0 Å². The molecule has 18 heavy (non-hydrogen) atoms. The van der Waals surface area contributed by atoms with Crippen molar-refractivity contribution in [2.45, 2.75) is 13.5 Å². The van der Waals surface area contributed by atoms with Gasteiger partial charge >= 0.3 is 0 Å². The van der Waals surface area contributed by atoms with Crippen LogP contribution in [0.25, 0.3) is 0 Å². The summed E-state index contributed by atoms with van der Waals surface area (Å²) in [6.07, 6.45) is 1.15. The van der Waals surface area contributed by atoms with Crippen molar-refractivity contribution >= 4 is 10.0 Å². The molecule has 0 unspecified atom stereocenters. The van der Waals surface area contributed by atoms with Crippen molar-refractivity contribution in [1.29, 1.82) is 0 Å². The minimum absolute atomic E-state index is 0.399. The molecular weight excluding hydrogens is 252 g/mol. The van der Waals surface area contributed by atoms with Gasteiger partial charge in [0.05, 0.1) is 12.9 Å². The molecule has 0 spiro atoms. The zero-order valence-corrected chi connectivity index (χ0v) is 11.6. The van der Waals surface area contributed by atoms with Crippen LogP contribution in [0, 0.1) is 0 Å². The van der Waals surface area contributed by atoms with Crippen LogP contribution in [-0.2, 0) is 16.6 Å². The second-order valence-corrected chi connectivity index (χ2v) is 5.75. The summed E-state index contributed by atoms with van der Waals surface area (Å²) in [6.45, 7) is 4.31. The van der Waals surface area contributed by atoms with E-state index in [9.17, 15) is 8.42 Å². The summed E-state index contributed by atoms with van der Waals surface area (Å²) in [5.74, 6) is 0.861. The van der Waals surface area contributed by atoms with Crippen LogP contribution in [0.2, 0.25) is 0 Å². The lowest BCUT2D eigenvalue weighted by Gasteiger charge is -2.07. The molecule has 1 aromatic carbocycles. The quantitative estimate of drug-likeness (QED) is 0.684. The summed E-state index contributed by atoms with van der Waals surface area (Å²) in [5, 5.41) is 3.16. The highest BCUT2D eigenvalue weighted by Gasteiger charge is 1.99. The molecule has 0 heterocycles. The van der Waals surface area contributed by atoms with Gasteiger partial charge in [-0.2, -0.15) is 0 Å². The lowest BCUT2D eigenvalue weighted by Crippen LogP contribution is -2.30. The minimum Gasteiger partial charge on any atom is -0.494 e. The molecule has 0 aliphatic carbocycles. The number of ether oxygens (including phenoxy) is 1. The third kappa shape index (κ3) is 6.58. The summed E-state index contributed by atoms with van der Waals surface area (Å²) < 4.78 is 29.4. The Morgan fingerprint density at radius 3 is 2.39 bits per heavy atom. The summed E-state index contributed by atoms with van der Waals surface area (Å²) in [5.41, 5.74) is 1.14. The molecule has 1 aromatic rings. The Morgan fingerprint density at radius 1 is 1.17 bits per heavy atom. The Kier molecular flexibility index (Phi) is 6.11. The smallest absolute Gasteiger partial charge is 0.208 e. The molecule has 0 aliphatic heterocycles. The second-order valence-electron chi connectivity index (χ2n) is 3.92. The van der Waals surface area contributed by atoms with Crippen LogP contribution in [0.1, 0.15) is 12.5 Å². The molecule has 1 rings (SSSR count). The highest BCUT2D eigenvalue weighted by Crippen LogP contribution is 2.11.